The summed E-state index contributed by atoms with van der Waals surface area (Å²) in [5.74, 6) is -3.11. The molecular weight excluding hydrogens is 305 g/mol. The van der Waals surface area contributed by atoms with E-state index in [1.54, 1.807) is 0 Å². The van der Waals surface area contributed by atoms with Gasteiger partial charge in [0, 0.05) is 24.8 Å². The van der Waals surface area contributed by atoms with Crippen LogP contribution in [0.3, 0.4) is 0 Å². The highest BCUT2D eigenvalue weighted by molar-refractivity contribution is 5.56. The summed E-state index contributed by atoms with van der Waals surface area (Å²) in [6.45, 7) is 3.63. The van der Waals surface area contributed by atoms with Gasteiger partial charge in [-0.25, -0.2) is 18.2 Å². The molecule has 0 saturated carbocycles. The molecule has 0 aliphatic carbocycles. The number of benzene rings is 1. The predicted octanol–water partition coefficient (Wildman–Crippen LogP) is 3.94. The van der Waals surface area contributed by atoms with Crippen molar-refractivity contribution >= 4 is 17.5 Å². The Kier molecular flexibility index (Phi) is 4.36. The first-order valence-electron chi connectivity index (χ1n) is 7.56. The Bertz CT molecular complexity index is 715. The van der Waals surface area contributed by atoms with Crippen LogP contribution >= 0.6 is 0 Å². The molecule has 1 N–H and O–H groups in total. The Morgan fingerprint density at radius 1 is 1.00 bits per heavy atom. The molecule has 1 aromatic heterocycles. The Balaban J connectivity index is 1.88. The maximum absolute atomic E-state index is 13.8. The summed E-state index contributed by atoms with van der Waals surface area (Å²) in [7, 11) is 0. The number of nitrogens with zero attached hydrogens (tertiary/aromatic N) is 3. The van der Waals surface area contributed by atoms with Crippen molar-refractivity contribution in [1.29, 1.82) is 0 Å². The van der Waals surface area contributed by atoms with Gasteiger partial charge in [0.1, 0.15) is 5.82 Å². The summed E-state index contributed by atoms with van der Waals surface area (Å²) in [4.78, 5) is 10.7. The van der Waals surface area contributed by atoms with E-state index in [-0.39, 0.29) is 11.6 Å². The maximum Gasteiger partial charge on any atom is 0.229 e. The van der Waals surface area contributed by atoms with Crippen LogP contribution in [0.1, 0.15) is 25.0 Å². The number of halogens is 3. The topological polar surface area (TPSA) is 41.1 Å². The van der Waals surface area contributed by atoms with Gasteiger partial charge in [-0.3, -0.25) is 0 Å². The molecule has 0 bridgehead atoms. The molecule has 1 fully saturated rings. The Hall–Kier alpha value is -2.31. The van der Waals surface area contributed by atoms with Gasteiger partial charge in [0.15, 0.2) is 17.5 Å². The first-order valence-corrected chi connectivity index (χ1v) is 7.56. The fraction of sp³-hybridized carbons (Fsp3) is 0.375. The highest BCUT2D eigenvalue weighted by Gasteiger charge is 2.16. The minimum Gasteiger partial charge on any atom is -0.356 e. The molecular formula is C16H17F3N4. The first-order chi connectivity index (χ1) is 11.0. The van der Waals surface area contributed by atoms with Crippen LogP contribution in [-0.2, 0) is 0 Å². The van der Waals surface area contributed by atoms with Crippen LogP contribution in [-0.4, -0.2) is 23.1 Å². The minimum atomic E-state index is -1.51. The largest absolute Gasteiger partial charge is 0.356 e. The molecule has 1 saturated heterocycles. The molecule has 0 atom stereocenters. The molecule has 1 aliphatic rings. The molecule has 0 unspecified atom stereocenters. The van der Waals surface area contributed by atoms with Crippen molar-refractivity contribution < 1.29 is 13.2 Å². The number of hydrogen-bond donors (Lipinski definition) is 1. The molecule has 0 spiro atoms. The maximum atomic E-state index is 13.8. The van der Waals surface area contributed by atoms with E-state index in [2.05, 4.69) is 20.2 Å². The molecule has 4 nitrogen and oxygen atoms in total. The lowest BCUT2D eigenvalue weighted by Crippen LogP contribution is -2.30. The second kappa shape index (κ2) is 6.44. The van der Waals surface area contributed by atoms with Crippen molar-refractivity contribution in [2.75, 3.05) is 23.3 Å². The fourth-order valence-corrected chi connectivity index (χ4v) is 2.64. The third-order valence-corrected chi connectivity index (χ3v) is 3.80. The van der Waals surface area contributed by atoms with E-state index in [9.17, 15) is 13.2 Å². The molecule has 3 rings (SSSR count). The van der Waals surface area contributed by atoms with E-state index in [0.717, 1.165) is 43.9 Å². The minimum absolute atomic E-state index is 0.162. The third-order valence-electron chi connectivity index (χ3n) is 3.80. The van der Waals surface area contributed by atoms with Gasteiger partial charge in [0.2, 0.25) is 5.95 Å². The third kappa shape index (κ3) is 3.38. The number of rotatable bonds is 3. The quantitative estimate of drug-likeness (QED) is 0.869. The number of piperidine rings is 1. The molecule has 122 valence electrons. The van der Waals surface area contributed by atoms with E-state index >= 15 is 0 Å². The second-order valence-corrected chi connectivity index (χ2v) is 5.59. The average molecular weight is 322 g/mol. The van der Waals surface area contributed by atoms with Crippen LogP contribution in [0.5, 0.6) is 0 Å². The van der Waals surface area contributed by atoms with Crippen molar-refractivity contribution in [3.63, 3.8) is 0 Å². The van der Waals surface area contributed by atoms with Crippen LogP contribution in [0, 0.1) is 24.4 Å². The summed E-state index contributed by atoms with van der Waals surface area (Å²) in [6, 6.07) is 3.85. The highest BCUT2D eigenvalue weighted by Crippen LogP contribution is 2.24. The fourth-order valence-electron chi connectivity index (χ4n) is 2.64. The molecule has 7 heteroatoms. The summed E-state index contributed by atoms with van der Waals surface area (Å²) >= 11 is 0. The van der Waals surface area contributed by atoms with Crippen LogP contribution in [0.25, 0.3) is 0 Å². The smallest absolute Gasteiger partial charge is 0.229 e. The van der Waals surface area contributed by atoms with E-state index in [1.807, 2.05) is 13.0 Å². The van der Waals surface area contributed by atoms with Crippen LogP contribution in [0.2, 0.25) is 0 Å². The van der Waals surface area contributed by atoms with Gasteiger partial charge >= 0.3 is 0 Å². The van der Waals surface area contributed by atoms with Crippen LogP contribution in [0.15, 0.2) is 18.2 Å². The number of aryl methyl sites for hydroxylation is 1. The summed E-state index contributed by atoms with van der Waals surface area (Å²) < 4.78 is 40.1. The number of aromatic nitrogens is 2. The first kappa shape index (κ1) is 15.6. The van der Waals surface area contributed by atoms with Crippen LogP contribution < -0.4 is 10.2 Å². The monoisotopic (exact) mass is 322 g/mol. The highest BCUT2D eigenvalue weighted by atomic mass is 19.2. The molecule has 1 aromatic carbocycles. The van der Waals surface area contributed by atoms with Crippen molar-refractivity contribution in [3.05, 3.63) is 41.3 Å². The van der Waals surface area contributed by atoms with Crippen molar-refractivity contribution in [2.45, 2.75) is 26.2 Å². The Labute approximate surface area is 132 Å². The van der Waals surface area contributed by atoms with Crippen molar-refractivity contribution in [1.82, 2.24) is 9.97 Å². The second-order valence-electron chi connectivity index (χ2n) is 5.59. The van der Waals surface area contributed by atoms with Gasteiger partial charge in [-0.2, -0.15) is 4.98 Å². The molecule has 0 radical (unpaired) electrons. The lowest BCUT2D eigenvalue weighted by molar-refractivity contribution is 0.449. The standard InChI is InChI=1S/C16H17F3N4/c1-10-9-13(23-7-3-2-4-8-23)22-16(20-10)21-12-6-5-11(17)14(18)15(12)19/h5-6,9H,2-4,7-8H2,1H3,(H,20,21,22). The average Bonchev–Trinajstić information content (AvgIpc) is 2.56. The summed E-state index contributed by atoms with van der Waals surface area (Å²) in [5, 5.41) is 2.63. The zero-order valence-corrected chi connectivity index (χ0v) is 12.7. The zero-order valence-electron chi connectivity index (χ0n) is 12.7. The van der Waals surface area contributed by atoms with Crippen LogP contribution in [0.4, 0.5) is 30.6 Å². The Morgan fingerprint density at radius 3 is 2.48 bits per heavy atom. The molecule has 0 amide bonds. The predicted molar refractivity (Wildman–Crippen MR) is 82.4 cm³/mol. The lowest BCUT2D eigenvalue weighted by Gasteiger charge is -2.28. The van der Waals surface area contributed by atoms with Gasteiger partial charge in [-0.05, 0) is 38.3 Å². The van der Waals surface area contributed by atoms with Crippen molar-refractivity contribution in [3.8, 4) is 0 Å². The van der Waals surface area contributed by atoms with E-state index < -0.39 is 17.5 Å². The van der Waals surface area contributed by atoms with E-state index in [1.165, 1.54) is 6.42 Å². The van der Waals surface area contributed by atoms with E-state index in [4.69, 9.17) is 0 Å². The Morgan fingerprint density at radius 2 is 1.74 bits per heavy atom. The zero-order chi connectivity index (χ0) is 16.4. The summed E-state index contributed by atoms with van der Waals surface area (Å²) in [6.07, 6.45) is 3.40. The summed E-state index contributed by atoms with van der Waals surface area (Å²) in [5.41, 5.74) is 0.519. The van der Waals surface area contributed by atoms with Gasteiger partial charge in [0.25, 0.3) is 0 Å². The van der Waals surface area contributed by atoms with Gasteiger partial charge in [-0.15, -0.1) is 0 Å². The normalized spacial score (nSPS) is 14.9. The lowest BCUT2D eigenvalue weighted by atomic mass is 10.1. The molecule has 23 heavy (non-hydrogen) atoms. The van der Waals surface area contributed by atoms with E-state index in [0.29, 0.717) is 5.69 Å². The molecule has 1 aliphatic heterocycles. The van der Waals surface area contributed by atoms with Gasteiger partial charge < -0.3 is 10.2 Å². The van der Waals surface area contributed by atoms with Gasteiger partial charge in [-0.1, -0.05) is 0 Å². The van der Waals surface area contributed by atoms with Gasteiger partial charge in [0.05, 0.1) is 5.69 Å². The SMILES string of the molecule is Cc1cc(N2CCCCC2)nc(Nc2ccc(F)c(F)c2F)n1. The molecule has 2 aromatic rings. The molecule has 2 heterocycles. The number of hydrogen-bond acceptors (Lipinski definition) is 4. The number of anilines is 3. The van der Waals surface area contributed by atoms with Crippen molar-refractivity contribution in [2.24, 2.45) is 0 Å². The number of nitrogens with one attached hydrogen (secondary N) is 1.